The molecule has 1 atom stereocenters. The van der Waals surface area contributed by atoms with Crippen molar-refractivity contribution in [1.82, 2.24) is 0 Å². The van der Waals surface area contributed by atoms with Crippen molar-refractivity contribution >= 4 is 19.2 Å². The highest BCUT2D eigenvalue weighted by molar-refractivity contribution is 7.58. The SMILES string of the molecule is COC(=O)c1ccc(OC)c(NP(C)(=O)O)c1. The van der Waals surface area contributed by atoms with E-state index in [9.17, 15) is 14.3 Å². The predicted octanol–water partition coefficient (Wildman–Crippen LogP) is 1.71. The van der Waals surface area contributed by atoms with E-state index in [1.54, 1.807) is 0 Å². The van der Waals surface area contributed by atoms with Gasteiger partial charge < -0.3 is 19.5 Å². The standard InChI is InChI=1S/C10H14NO5P/c1-15-9-5-4-7(10(12)16-2)6-8(9)11-17(3,13)14/h4-6H,1-3H3,(H2,11,13,14). The topological polar surface area (TPSA) is 84.9 Å². The normalized spacial score (nSPS) is 13.6. The van der Waals surface area contributed by atoms with Crippen molar-refractivity contribution in [3.63, 3.8) is 0 Å². The number of rotatable bonds is 4. The van der Waals surface area contributed by atoms with Gasteiger partial charge in [0.25, 0.3) is 7.52 Å². The van der Waals surface area contributed by atoms with Crippen LogP contribution in [0.2, 0.25) is 0 Å². The number of nitrogens with one attached hydrogen (secondary N) is 1. The molecule has 0 aliphatic rings. The van der Waals surface area contributed by atoms with Crippen molar-refractivity contribution in [1.29, 1.82) is 0 Å². The van der Waals surface area contributed by atoms with Gasteiger partial charge in [0.15, 0.2) is 0 Å². The summed E-state index contributed by atoms with van der Waals surface area (Å²) in [6.07, 6.45) is 0. The van der Waals surface area contributed by atoms with Crippen LogP contribution in [0.15, 0.2) is 18.2 Å². The molecule has 17 heavy (non-hydrogen) atoms. The Labute approximate surface area is 99.1 Å². The highest BCUT2D eigenvalue weighted by Crippen LogP contribution is 2.40. The van der Waals surface area contributed by atoms with Gasteiger partial charge in [-0.15, -0.1) is 0 Å². The Morgan fingerprint density at radius 1 is 1.41 bits per heavy atom. The fraction of sp³-hybridized carbons (Fsp3) is 0.300. The van der Waals surface area contributed by atoms with Crippen molar-refractivity contribution in [2.75, 3.05) is 26.0 Å². The molecule has 6 nitrogen and oxygen atoms in total. The Bertz CT molecular complexity index is 468. The van der Waals surface area contributed by atoms with E-state index >= 15 is 0 Å². The summed E-state index contributed by atoms with van der Waals surface area (Å²) in [7, 11) is -0.781. The van der Waals surface area contributed by atoms with Crippen molar-refractivity contribution in [3.05, 3.63) is 23.8 Å². The van der Waals surface area contributed by atoms with E-state index in [4.69, 9.17) is 4.74 Å². The largest absolute Gasteiger partial charge is 0.495 e. The van der Waals surface area contributed by atoms with Gasteiger partial charge in [0, 0.05) is 6.66 Å². The number of ether oxygens (including phenoxy) is 2. The first kappa shape index (κ1) is 13.5. The van der Waals surface area contributed by atoms with Gasteiger partial charge >= 0.3 is 5.97 Å². The van der Waals surface area contributed by atoms with Crippen LogP contribution in [-0.2, 0) is 9.30 Å². The van der Waals surface area contributed by atoms with Crippen molar-refractivity contribution in [3.8, 4) is 5.75 Å². The molecule has 94 valence electrons. The van der Waals surface area contributed by atoms with Crippen LogP contribution in [-0.4, -0.2) is 31.7 Å². The van der Waals surface area contributed by atoms with Crippen LogP contribution < -0.4 is 9.82 Å². The van der Waals surface area contributed by atoms with E-state index in [2.05, 4.69) is 9.82 Å². The van der Waals surface area contributed by atoms with Crippen molar-refractivity contribution in [2.45, 2.75) is 0 Å². The average molecular weight is 259 g/mol. The number of carbonyl (C=O) groups excluding carboxylic acids is 1. The minimum atomic E-state index is -3.47. The van der Waals surface area contributed by atoms with Crippen LogP contribution in [0.25, 0.3) is 0 Å². The highest BCUT2D eigenvalue weighted by atomic mass is 31.2. The zero-order valence-electron chi connectivity index (χ0n) is 9.76. The lowest BCUT2D eigenvalue weighted by Gasteiger charge is -2.14. The molecule has 1 rings (SSSR count). The summed E-state index contributed by atoms with van der Waals surface area (Å²) in [6, 6.07) is 4.43. The summed E-state index contributed by atoms with van der Waals surface area (Å²) in [4.78, 5) is 20.6. The fourth-order valence-corrected chi connectivity index (χ4v) is 1.89. The lowest BCUT2D eigenvalue weighted by Crippen LogP contribution is -2.04. The minimum Gasteiger partial charge on any atom is -0.495 e. The van der Waals surface area contributed by atoms with Crippen molar-refractivity contribution in [2.24, 2.45) is 0 Å². The fourth-order valence-electron chi connectivity index (χ4n) is 1.26. The van der Waals surface area contributed by atoms with E-state index in [-0.39, 0.29) is 11.3 Å². The van der Waals surface area contributed by atoms with Gasteiger partial charge in [0.05, 0.1) is 25.5 Å². The van der Waals surface area contributed by atoms with E-state index in [1.807, 2.05) is 0 Å². The lowest BCUT2D eigenvalue weighted by atomic mass is 10.2. The third kappa shape index (κ3) is 3.76. The lowest BCUT2D eigenvalue weighted by molar-refractivity contribution is 0.0600. The predicted molar refractivity (Wildman–Crippen MR) is 63.7 cm³/mol. The van der Waals surface area contributed by atoms with Crippen LogP contribution in [0.1, 0.15) is 10.4 Å². The van der Waals surface area contributed by atoms with Crippen molar-refractivity contribution < 1.29 is 23.7 Å². The molecule has 0 aliphatic carbocycles. The Morgan fingerprint density at radius 3 is 2.53 bits per heavy atom. The minimum absolute atomic E-state index is 0.267. The summed E-state index contributed by atoms with van der Waals surface area (Å²) in [5.74, 6) is -0.159. The molecule has 2 N–H and O–H groups in total. The summed E-state index contributed by atoms with van der Waals surface area (Å²) in [5.41, 5.74) is 0.535. The van der Waals surface area contributed by atoms with Crippen LogP contribution >= 0.6 is 7.52 Å². The number of esters is 1. The number of anilines is 1. The maximum Gasteiger partial charge on any atom is 0.337 e. The van der Waals surface area contributed by atoms with Gasteiger partial charge in [0.2, 0.25) is 0 Å². The smallest absolute Gasteiger partial charge is 0.337 e. The first-order valence-electron chi connectivity index (χ1n) is 4.72. The number of hydrogen-bond donors (Lipinski definition) is 2. The second kappa shape index (κ2) is 5.21. The summed E-state index contributed by atoms with van der Waals surface area (Å²) >= 11 is 0. The van der Waals surface area contributed by atoms with E-state index in [0.29, 0.717) is 5.75 Å². The maximum absolute atomic E-state index is 11.3. The van der Waals surface area contributed by atoms with E-state index in [0.717, 1.165) is 6.66 Å². The first-order chi connectivity index (χ1) is 7.87. The summed E-state index contributed by atoms with van der Waals surface area (Å²) in [5, 5.41) is 2.40. The molecular formula is C10H14NO5P. The Hall–Kier alpha value is -1.52. The Morgan fingerprint density at radius 2 is 2.06 bits per heavy atom. The molecule has 0 aliphatic heterocycles. The molecule has 7 heteroatoms. The molecule has 0 radical (unpaired) electrons. The summed E-state index contributed by atoms with van der Waals surface area (Å²) < 4.78 is 20.8. The molecule has 0 fully saturated rings. The summed E-state index contributed by atoms with van der Waals surface area (Å²) in [6.45, 7) is 1.15. The molecule has 0 amide bonds. The van der Waals surface area contributed by atoms with Crippen LogP contribution in [0.3, 0.4) is 0 Å². The number of carbonyl (C=O) groups is 1. The molecule has 0 heterocycles. The van der Waals surface area contributed by atoms with Crippen LogP contribution in [0, 0.1) is 0 Å². The second-order valence-electron chi connectivity index (χ2n) is 3.40. The third-order valence-electron chi connectivity index (χ3n) is 1.95. The van der Waals surface area contributed by atoms with Gasteiger partial charge in [-0.05, 0) is 18.2 Å². The van der Waals surface area contributed by atoms with Gasteiger partial charge in [-0.2, -0.15) is 0 Å². The number of benzene rings is 1. The Kier molecular flexibility index (Phi) is 4.15. The molecule has 1 unspecified atom stereocenters. The van der Waals surface area contributed by atoms with E-state index < -0.39 is 13.5 Å². The zero-order valence-corrected chi connectivity index (χ0v) is 10.7. The number of hydrogen-bond acceptors (Lipinski definition) is 4. The van der Waals surface area contributed by atoms with E-state index in [1.165, 1.54) is 32.4 Å². The quantitative estimate of drug-likeness (QED) is 0.632. The molecule has 0 saturated heterocycles. The Balaban J connectivity index is 3.15. The van der Waals surface area contributed by atoms with Gasteiger partial charge in [-0.1, -0.05) is 0 Å². The molecule has 0 saturated carbocycles. The first-order valence-corrected chi connectivity index (χ1v) is 6.83. The molecule has 0 spiro atoms. The molecule has 0 aromatic heterocycles. The maximum atomic E-state index is 11.3. The monoisotopic (exact) mass is 259 g/mol. The van der Waals surface area contributed by atoms with Crippen LogP contribution in [0.5, 0.6) is 5.75 Å². The molecule has 0 bridgehead atoms. The molecular weight excluding hydrogens is 245 g/mol. The average Bonchev–Trinajstić information content (AvgIpc) is 2.25. The molecule has 1 aromatic rings. The molecule has 1 aromatic carbocycles. The third-order valence-corrected chi connectivity index (χ3v) is 2.60. The number of methoxy groups -OCH3 is 2. The van der Waals surface area contributed by atoms with Crippen LogP contribution in [0.4, 0.5) is 5.69 Å². The van der Waals surface area contributed by atoms with Gasteiger partial charge in [0.1, 0.15) is 5.75 Å². The highest BCUT2D eigenvalue weighted by Gasteiger charge is 2.15. The second-order valence-corrected chi connectivity index (χ2v) is 5.38. The zero-order chi connectivity index (χ0) is 13.1. The van der Waals surface area contributed by atoms with Gasteiger partial charge in [-0.25, -0.2) is 4.79 Å². The van der Waals surface area contributed by atoms with Gasteiger partial charge in [-0.3, -0.25) is 4.57 Å².